The molecule has 0 aliphatic rings. The molecule has 0 aliphatic heterocycles. The van der Waals surface area contributed by atoms with Gasteiger partial charge >= 0.3 is 5.97 Å². The van der Waals surface area contributed by atoms with Crippen LogP contribution in [0.15, 0.2) is 18.2 Å². The van der Waals surface area contributed by atoms with Crippen LogP contribution >= 0.6 is 27.5 Å². The van der Waals surface area contributed by atoms with Crippen molar-refractivity contribution < 1.29 is 14.3 Å². The lowest BCUT2D eigenvalue weighted by Crippen LogP contribution is -2.11. The summed E-state index contributed by atoms with van der Waals surface area (Å²) in [5, 5.41) is 0.418. The zero-order chi connectivity index (χ0) is 12.8. The summed E-state index contributed by atoms with van der Waals surface area (Å²) in [5.41, 5.74) is 1.57. The summed E-state index contributed by atoms with van der Waals surface area (Å²) >= 11 is 8.83. The largest absolute Gasteiger partial charge is 0.465 e. The molecule has 5 heteroatoms. The first kappa shape index (κ1) is 14.2. The molecule has 0 spiro atoms. The van der Waals surface area contributed by atoms with E-state index in [1.54, 1.807) is 18.2 Å². The first-order valence-electron chi connectivity index (χ1n) is 5.01. The third-order valence-corrected chi connectivity index (χ3v) is 3.09. The average Bonchev–Trinajstić information content (AvgIpc) is 2.37. The Labute approximate surface area is 113 Å². The Balaban J connectivity index is 3.23. The lowest BCUT2D eigenvalue weighted by molar-refractivity contribution is 0.0600. The Morgan fingerprint density at radius 1 is 1.35 bits per heavy atom. The number of methoxy groups -OCH3 is 1. The van der Waals surface area contributed by atoms with Gasteiger partial charge in [-0.3, -0.25) is 4.79 Å². The Bertz CT molecular complexity index is 432. The minimum atomic E-state index is -0.444. The van der Waals surface area contributed by atoms with Gasteiger partial charge < -0.3 is 4.74 Å². The lowest BCUT2D eigenvalue weighted by atomic mass is 9.98. The number of hydrogen-bond acceptors (Lipinski definition) is 3. The fraction of sp³-hybridized carbons (Fsp3) is 0.333. The molecule has 17 heavy (non-hydrogen) atoms. The smallest absolute Gasteiger partial charge is 0.338 e. The third kappa shape index (κ3) is 3.30. The van der Waals surface area contributed by atoms with E-state index in [2.05, 4.69) is 20.7 Å². The van der Waals surface area contributed by atoms with E-state index in [0.29, 0.717) is 22.0 Å². The fourth-order valence-electron chi connectivity index (χ4n) is 1.51. The number of alkyl halides is 2. The van der Waals surface area contributed by atoms with Gasteiger partial charge in [0.05, 0.1) is 12.7 Å². The molecule has 3 nitrogen and oxygen atoms in total. The number of carbonyl (C=O) groups excluding carboxylic acids is 2. The van der Waals surface area contributed by atoms with Gasteiger partial charge in [-0.25, -0.2) is 4.79 Å². The molecule has 1 aromatic carbocycles. The normalized spacial score (nSPS) is 10.1. The van der Waals surface area contributed by atoms with Gasteiger partial charge in [0.1, 0.15) is 0 Å². The zero-order valence-electron chi connectivity index (χ0n) is 9.33. The number of hydrogen-bond donors (Lipinski definition) is 0. The highest BCUT2D eigenvalue weighted by Gasteiger charge is 2.17. The predicted molar refractivity (Wildman–Crippen MR) is 70.1 cm³/mol. The summed E-state index contributed by atoms with van der Waals surface area (Å²) in [6.45, 7) is 0. The second-order valence-corrected chi connectivity index (χ2v) is 4.26. The Morgan fingerprint density at radius 3 is 2.53 bits per heavy atom. The maximum Gasteiger partial charge on any atom is 0.338 e. The Kier molecular flexibility index (Phi) is 5.65. The van der Waals surface area contributed by atoms with Crippen molar-refractivity contribution in [2.75, 3.05) is 13.0 Å². The zero-order valence-corrected chi connectivity index (χ0v) is 11.7. The molecule has 1 rings (SSSR count). The number of Topliss-reactive ketones (excluding diaryl/α,β-unsaturated/α-hetero) is 1. The van der Waals surface area contributed by atoms with E-state index in [-0.39, 0.29) is 18.1 Å². The Hall–Kier alpha value is -0.870. The van der Waals surface area contributed by atoms with Gasteiger partial charge in [-0.1, -0.05) is 28.1 Å². The molecule has 0 fully saturated rings. The minimum Gasteiger partial charge on any atom is -0.465 e. The standard InChI is InChI=1S/C12H12BrClO3/c1-17-12(16)9-4-2-3-8(10(9)7-13)11(15)5-6-14/h2-4H,5-7H2,1H3. The van der Waals surface area contributed by atoms with E-state index >= 15 is 0 Å². The van der Waals surface area contributed by atoms with Crippen LogP contribution in [-0.4, -0.2) is 24.7 Å². The maximum atomic E-state index is 11.8. The summed E-state index contributed by atoms with van der Waals surface area (Å²) in [4.78, 5) is 23.4. The molecule has 0 N–H and O–H groups in total. The maximum absolute atomic E-state index is 11.8. The van der Waals surface area contributed by atoms with Crippen molar-refractivity contribution in [3.8, 4) is 0 Å². The van der Waals surface area contributed by atoms with Gasteiger partial charge in [-0.2, -0.15) is 0 Å². The average molecular weight is 320 g/mol. The van der Waals surface area contributed by atoms with Crippen LogP contribution in [0, 0.1) is 0 Å². The number of benzene rings is 1. The monoisotopic (exact) mass is 318 g/mol. The summed E-state index contributed by atoms with van der Waals surface area (Å²) in [6.07, 6.45) is 0.256. The third-order valence-electron chi connectivity index (χ3n) is 2.34. The van der Waals surface area contributed by atoms with Crippen LogP contribution in [0.2, 0.25) is 0 Å². The van der Waals surface area contributed by atoms with Crippen molar-refractivity contribution in [1.29, 1.82) is 0 Å². The van der Waals surface area contributed by atoms with Gasteiger partial charge in [-0.15, -0.1) is 11.6 Å². The first-order valence-corrected chi connectivity index (χ1v) is 6.66. The highest BCUT2D eigenvalue weighted by Crippen LogP contribution is 2.20. The number of ether oxygens (including phenoxy) is 1. The summed E-state index contributed by atoms with van der Waals surface area (Å²) in [6, 6.07) is 5.00. The van der Waals surface area contributed by atoms with Crippen LogP contribution < -0.4 is 0 Å². The molecular formula is C12H12BrClO3. The van der Waals surface area contributed by atoms with Crippen molar-refractivity contribution in [3.63, 3.8) is 0 Å². The summed E-state index contributed by atoms with van der Waals surface area (Å²) < 4.78 is 4.68. The van der Waals surface area contributed by atoms with Crippen molar-refractivity contribution in [1.82, 2.24) is 0 Å². The number of esters is 1. The molecule has 0 aliphatic carbocycles. The molecule has 0 atom stereocenters. The Morgan fingerprint density at radius 2 is 2.00 bits per heavy atom. The van der Waals surface area contributed by atoms with Crippen LogP contribution in [0.3, 0.4) is 0 Å². The van der Waals surface area contributed by atoms with Gasteiger partial charge in [-0.05, 0) is 11.6 Å². The van der Waals surface area contributed by atoms with Crippen LogP contribution in [0.4, 0.5) is 0 Å². The summed E-state index contributed by atoms with van der Waals surface area (Å²) in [5.74, 6) is -0.247. The highest BCUT2D eigenvalue weighted by molar-refractivity contribution is 9.08. The highest BCUT2D eigenvalue weighted by atomic mass is 79.9. The minimum absolute atomic E-state index is 0.0693. The topological polar surface area (TPSA) is 43.4 Å². The van der Waals surface area contributed by atoms with Crippen LogP contribution in [0.5, 0.6) is 0 Å². The number of ketones is 1. The van der Waals surface area contributed by atoms with E-state index in [0.717, 1.165) is 0 Å². The fourth-order valence-corrected chi connectivity index (χ4v) is 2.29. The van der Waals surface area contributed by atoms with Gasteiger partial charge in [0.2, 0.25) is 0 Å². The van der Waals surface area contributed by atoms with Crippen molar-refractivity contribution in [2.24, 2.45) is 0 Å². The molecule has 0 aromatic heterocycles. The van der Waals surface area contributed by atoms with Crippen molar-refractivity contribution in [3.05, 3.63) is 34.9 Å². The van der Waals surface area contributed by atoms with Crippen molar-refractivity contribution in [2.45, 2.75) is 11.8 Å². The number of carbonyl (C=O) groups is 2. The summed E-state index contributed by atoms with van der Waals surface area (Å²) in [7, 11) is 1.31. The predicted octanol–water partition coefficient (Wildman–Crippen LogP) is 3.18. The molecular weight excluding hydrogens is 307 g/mol. The molecule has 0 bridgehead atoms. The van der Waals surface area contributed by atoms with Crippen LogP contribution in [0.1, 0.15) is 32.7 Å². The van der Waals surface area contributed by atoms with E-state index in [1.807, 2.05) is 0 Å². The lowest BCUT2D eigenvalue weighted by Gasteiger charge is -2.10. The van der Waals surface area contributed by atoms with Crippen molar-refractivity contribution >= 4 is 39.3 Å². The molecule has 0 saturated carbocycles. The molecule has 92 valence electrons. The quantitative estimate of drug-likeness (QED) is 0.475. The molecule has 0 heterocycles. The second-order valence-electron chi connectivity index (χ2n) is 3.32. The van der Waals surface area contributed by atoms with Gasteiger partial charge in [0.25, 0.3) is 0 Å². The molecule has 0 saturated heterocycles. The van der Waals surface area contributed by atoms with E-state index in [9.17, 15) is 9.59 Å². The van der Waals surface area contributed by atoms with Gasteiger partial charge in [0, 0.05) is 23.2 Å². The number of rotatable bonds is 5. The molecule has 0 radical (unpaired) electrons. The van der Waals surface area contributed by atoms with E-state index in [1.165, 1.54) is 7.11 Å². The molecule has 0 amide bonds. The number of halogens is 2. The molecule has 1 aromatic rings. The van der Waals surface area contributed by atoms with Crippen LogP contribution in [-0.2, 0) is 10.1 Å². The second kappa shape index (κ2) is 6.77. The van der Waals surface area contributed by atoms with Crippen LogP contribution in [0.25, 0.3) is 0 Å². The van der Waals surface area contributed by atoms with E-state index < -0.39 is 5.97 Å². The molecule has 0 unspecified atom stereocenters. The first-order chi connectivity index (χ1) is 8.15. The van der Waals surface area contributed by atoms with Gasteiger partial charge in [0.15, 0.2) is 5.78 Å². The van der Waals surface area contributed by atoms with E-state index in [4.69, 9.17) is 11.6 Å². The SMILES string of the molecule is COC(=O)c1cccc(C(=O)CCCl)c1CBr.